The Bertz CT molecular complexity index is 234. The summed E-state index contributed by atoms with van der Waals surface area (Å²) >= 11 is 0. The van der Waals surface area contributed by atoms with Crippen LogP contribution in [0.2, 0.25) is 0 Å². The Morgan fingerprint density at radius 2 is 1.00 bits per heavy atom. The second kappa shape index (κ2) is 10.8. The molecule has 0 amide bonds. The zero-order valence-corrected chi connectivity index (χ0v) is 12.6. The third-order valence-electron chi connectivity index (χ3n) is 2.50. The van der Waals surface area contributed by atoms with Gasteiger partial charge in [0.15, 0.2) is 0 Å². The lowest BCUT2D eigenvalue weighted by molar-refractivity contribution is 0.888. The Hall–Kier alpha value is -0.720. The van der Waals surface area contributed by atoms with Crippen LogP contribution < -0.4 is 0 Å². The van der Waals surface area contributed by atoms with Gasteiger partial charge < -0.3 is 4.98 Å². The SMILES string of the molecule is CC.CC.CC.Cc1[nH]c(C)c2c1CCC2. The van der Waals surface area contributed by atoms with E-state index >= 15 is 0 Å². The lowest BCUT2D eigenvalue weighted by atomic mass is 10.2. The molecule has 0 saturated heterocycles. The molecular weight excluding hydrogens is 194 g/mol. The van der Waals surface area contributed by atoms with Crippen LogP contribution in [0.3, 0.4) is 0 Å². The van der Waals surface area contributed by atoms with E-state index in [0.29, 0.717) is 0 Å². The maximum Gasteiger partial charge on any atom is 0.0153 e. The van der Waals surface area contributed by atoms with E-state index in [1.165, 1.54) is 30.7 Å². The topological polar surface area (TPSA) is 15.8 Å². The monoisotopic (exact) mass is 225 g/mol. The second-order valence-corrected chi connectivity index (χ2v) is 3.19. The fourth-order valence-corrected chi connectivity index (χ4v) is 2.00. The number of hydrogen-bond donors (Lipinski definition) is 1. The third kappa shape index (κ3) is 4.42. The standard InChI is InChI=1S/C9H13N.3C2H6/c1-6-8-4-3-5-9(8)7(2)10-6;3*1-2/h10H,3-5H2,1-2H3;3*1-2H3. The van der Waals surface area contributed by atoms with Crippen molar-refractivity contribution in [3.63, 3.8) is 0 Å². The summed E-state index contributed by atoms with van der Waals surface area (Å²) < 4.78 is 0. The Morgan fingerprint density at radius 1 is 0.688 bits per heavy atom. The Kier molecular flexibility index (Phi) is 11.9. The van der Waals surface area contributed by atoms with Crippen molar-refractivity contribution >= 4 is 0 Å². The first kappa shape index (κ1) is 17.7. The number of aromatic nitrogens is 1. The van der Waals surface area contributed by atoms with Crippen LogP contribution >= 0.6 is 0 Å². The number of aryl methyl sites for hydroxylation is 2. The lowest BCUT2D eigenvalue weighted by Gasteiger charge is -1.88. The van der Waals surface area contributed by atoms with Gasteiger partial charge in [-0.2, -0.15) is 0 Å². The number of H-pyrrole nitrogens is 1. The minimum atomic E-state index is 1.30. The zero-order valence-electron chi connectivity index (χ0n) is 12.6. The normalized spacial score (nSPS) is 11.0. The second-order valence-electron chi connectivity index (χ2n) is 3.19. The highest BCUT2D eigenvalue weighted by Gasteiger charge is 2.16. The average Bonchev–Trinajstić information content (AvgIpc) is 2.94. The molecule has 96 valence electrons. The molecule has 0 radical (unpaired) electrons. The summed E-state index contributed by atoms with van der Waals surface area (Å²) in [6, 6.07) is 0. The van der Waals surface area contributed by atoms with E-state index in [2.05, 4.69) is 18.8 Å². The highest BCUT2D eigenvalue weighted by atomic mass is 14.7. The van der Waals surface area contributed by atoms with E-state index in [-0.39, 0.29) is 0 Å². The van der Waals surface area contributed by atoms with Gasteiger partial charge in [0.1, 0.15) is 0 Å². The van der Waals surface area contributed by atoms with Gasteiger partial charge >= 0.3 is 0 Å². The minimum Gasteiger partial charge on any atom is -0.362 e. The molecule has 1 N–H and O–H groups in total. The van der Waals surface area contributed by atoms with Crippen LogP contribution in [-0.2, 0) is 12.8 Å². The van der Waals surface area contributed by atoms with Gasteiger partial charge in [0, 0.05) is 11.4 Å². The fourth-order valence-electron chi connectivity index (χ4n) is 2.00. The van der Waals surface area contributed by atoms with Gasteiger partial charge in [0.2, 0.25) is 0 Å². The lowest BCUT2D eigenvalue weighted by Crippen LogP contribution is -1.80. The van der Waals surface area contributed by atoms with Gasteiger partial charge in [-0.1, -0.05) is 41.5 Å². The third-order valence-corrected chi connectivity index (χ3v) is 2.50. The van der Waals surface area contributed by atoms with Crippen molar-refractivity contribution in [1.29, 1.82) is 0 Å². The summed E-state index contributed by atoms with van der Waals surface area (Å²) in [5.74, 6) is 0. The summed E-state index contributed by atoms with van der Waals surface area (Å²) in [6.07, 6.45) is 3.96. The zero-order chi connectivity index (χ0) is 13.1. The van der Waals surface area contributed by atoms with E-state index in [1.807, 2.05) is 41.5 Å². The molecule has 1 heteroatoms. The molecule has 0 spiro atoms. The van der Waals surface area contributed by atoms with Crippen molar-refractivity contribution in [3.05, 3.63) is 22.5 Å². The van der Waals surface area contributed by atoms with Gasteiger partial charge in [0.25, 0.3) is 0 Å². The Morgan fingerprint density at radius 3 is 1.31 bits per heavy atom. The predicted molar refractivity (Wildman–Crippen MR) is 76.3 cm³/mol. The molecule has 1 aliphatic rings. The van der Waals surface area contributed by atoms with Crippen LogP contribution in [0.15, 0.2) is 0 Å². The molecule has 0 atom stereocenters. The molecule has 0 bridgehead atoms. The first-order valence-electron chi connectivity index (χ1n) is 6.96. The minimum absolute atomic E-state index is 1.30. The molecule has 1 aliphatic carbocycles. The van der Waals surface area contributed by atoms with Gasteiger partial charge in [-0.05, 0) is 44.2 Å². The van der Waals surface area contributed by atoms with Crippen LogP contribution in [0.4, 0.5) is 0 Å². The van der Waals surface area contributed by atoms with E-state index in [9.17, 15) is 0 Å². The first-order valence-corrected chi connectivity index (χ1v) is 6.96. The van der Waals surface area contributed by atoms with Crippen LogP contribution in [0.1, 0.15) is 70.5 Å². The number of nitrogens with one attached hydrogen (secondary N) is 1. The summed E-state index contributed by atoms with van der Waals surface area (Å²) in [4.78, 5) is 3.38. The molecule has 16 heavy (non-hydrogen) atoms. The number of aromatic amines is 1. The van der Waals surface area contributed by atoms with Gasteiger partial charge in [-0.15, -0.1) is 0 Å². The summed E-state index contributed by atoms with van der Waals surface area (Å²) in [7, 11) is 0. The molecule has 1 aromatic heterocycles. The molecule has 2 rings (SSSR count). The Labute approximate surface area is 103 Å². The molecule has 0 aromatic carbocycles. The smallest absolute Gasteiger partial charge is 0.0153 e. The van der Waals surface area contributed by atoms with Crippen molar-refractivity contribution in [3.8, 4) is 0 Å². The quantitative estimate of drug-likeness (QED) is 0.624. The highest BCUT2D eigenvalue weighted by molar-refractivity contribution is 5.39. The predicted octanol–water partition coefficient (Wildman–Crippen LogP) is 5.20. The first-order chi connectivity index (χ1) is 7.79. The van der Waals surface area contributed by atoms with Crippen LogP contribution in [0.5, 0.6) is 0 Å². The molecule has 1 nitrogen and oxygen atoms in total. The van der Waals surface area contributed by atoms with Crippen molar-refractivity contribution in [2.75, 3.05) is 0 Å². The van der Waals surface area contributed by atoms with Gasteiger partial charge in [-0.3, -0.25) is 0 Å². The molecule has 1 heterocycles. The largest absolute Gasteiger partial charge is 0.362 e. The van der Waals surface area contributed by atoms with Gasteiger partial charge in [0.05, 0.1) is 0 Å². The van der Waals surface area contributed by atoms with Crippen molar-refractivity contribution in [2.24, 2.45) is 0 Å². The molecular formula is C15H31N. The molecule has 0 fully saturated rings. The summed E-state index contributed by atoms with van der Waals surface area (Å²) in [5.41, 5.74) is 5.98. The summed E-state index contributed by atoms with van der Waals surface area (Å²) in [6.45, 7) is 16.4. The van der Waals surface area contributed by atoms with E-state index < -0.39 is 0 Å². The van der Waals surface area contributed by atoms with Crippen molar-refractivity contribution in [2.45, 2.75) is 74.7 Å². The molecule has 1 aromatic rings. The number of rotatable bonds is 0. The van der Waals surface area contributed by atoms with Crippen LogP contribution in [0.25, 0.3) is 0 Å². The fraction of sp³-hybridized carbons (Fsp3) is 0.733. The van der Waals surface area contributed by atoms with Gasteiger partial charge in [-0.25, -0.2) is 0 Å². The van der Waals surface area contributed by atoms with Crippen molar-refractivity contribution < 1.29 is 0 Å². The maximum absolute atomic E-state index is 3.38. The number of fused-ring (bicyclic) bond motifs is 1. The highest BCUT2D eigenvalue weighted by Crippen LogP contribution is 2.27. The average molecular weight is 225 g/mol. The molecule has 0 saturated carbocycles. The summed E-state index contributed by atoms with van der Waals surface area (Å²) in [5, 5.41) is 0. The van der Waals surface area contributed by atoms with Crippen LogP contribution in [0, 0.1) is 13.8 Å². The van der Waals surface area contributed by atoms with Crippen molar-refractivity contribution in [1.82, 2.24) is 4.98 Å². The Balaban J connectivity index is 0. The molecule has 0 aliphatic heterocycles. The molecule has 0 unspecified atom stereocenters. The number of hydrogen-bond acceptors (Lipinski definition) is 0. The van der Waals surface area contributed by atoms with E-state index in [0.717, 1.165) is 0 Å². The van der Waals surface area contributed by atoms with E-state index in [1.54, 1.807) is 11.1 Å². The maximum atomic E-state index is 3.38. The van der Waals surface area contributed by atoms with E-state index in [4.69, 9.17) is 0 Å². The van der Waals surface area contributed by atoms with Crippen LogP contribution in [-0.4, -0.2) is 4.98 Å².